The summed E-state index contributed by atoms with van der Waals surface area (Å²) in [5, 5.41) is 0. The van der Waals surface area contributed by atoms with Crippen LogP contribution in [0.15, 0.2) is 12.4 Å². The molecule has 2 heterocycles. The van der Waals surface area contributed by atoms with Crippen LogP contribution in [-0.2, 0) is 11.3 Å². The Morgan fingerprint density at radius 2 is 2.67 bits per heavy atom. The zero-order chi connectivity index (χ0) is 6.27. The molecule has 4 nitrogen and oxygen atoms in total. The largest absolute Gasteiger partial charge is 0.391 e. The van der Waals surface area contributed by atoms with Crippen LogP contribution in [0.4, 0.5) is 0 Å². The Balaban J connectivity index is 2.49. The predicted molar refractivity (Wildman–Crippen MR) is 27.9 cm³/mol. The minimum Gasteiger partial charge on any atom is -0.391 e. The molecule has 1 aliphatic heterocycles. The Kier molecular flexibility index (Phi) is 0.677. The van der Waals surface area contributed by atoms with Crippen LogP contribution in [0, 0.1) is 0 Å². The van der Waals surface area contributed by atoms with E-state index in [2.05, 4.69) is 9.72 Å². The third kappa shape index (κ3) is 0.526. The van der Waals surface area contributed by atoms with Gasteiger partial charge in [0, 0.05) is 12.4 Å². The van der Waals surface area contributed by atoms with Gasteiger partial charge in [-0.1, -0.05) is 0 Å². The van der Waals surface area contributed by atoms with Crippen molar-refractivity contribution in [3.63, 3.8) is 0 Å². The second-order valence-corrected chi connectivity index (χ2v) is 1.81. The minimum atomic E-state index is -0.238. The molecule has 4 heteroatoms. The van der Waals surface area contributed by atoms with Crippen molar-refractivity contribution in [2.45, 2.75) is 6.54 Å². The number of carbonyl (C=O) groups excluding carboxylic acids is 1. The molecule has 1 aliphatic rings. The number of rotatable bonds is 0. The highest BCUT2D eigenvalue weighted by Gasteiger charge is 2.19. The highest BCUT2D eigenvalue weighted by molar-refractivity contribution is 5.74. The third-order valence-electron chi connectivity index (χ3n) is 1.18. The summed E-state index contributed by atoms with van der Waals surface area (Å²) < 4.78 is 6.31. The number of carbonyl (C=O) groups is 1. The Bertz CT molecular complexity index is 231. The number of hydrogen-bond donors (Lipinski definition) is 0. The van der Waals surface area contributed by atoms with Crippen LogP contribution in [0.25, 0.3) is 0 Å². The van der Waals surface area contributed by atoms with Gasteiger partial charge in [-0.15, -0.1) is 0 Å². The van der Waals surface area contributed by atoms with Gasteiger partial charge in [0.15, 0.2) is 0 Å². The van der Waals surface area contributed by atoms with Gasteiger partial charge in [0.25, 0.3) is 0 Å². The Hall–Kier alpha value is -1.32. The van der Waals surface area contributed by atoms with Gasteiger partial charge >= 0.3 is 12.0 Å². The van der Waals surface area contributed by atoms with Crippen LogP contribution >= 0.6 is 0 Å². The lowest BCUT2D eigenvalue weighted by Gasteiger charge is -1.83. The maximum Gasteiger partial charge on any atom is 0.333 e. The molecule has 0 atom stereocenters. The van der Waals surface area contributed by atoms with E-state index in [0.29, 0.717) is 12.6 Å². The minimum absolute atomic E-state index is 0.238. The summed E-state index contributed by atoms with van der Waals surface area (Å²) in [7, 11) is 0. The number of nitrogens with zero attached hydrogens (tertiary/aromatic N) is 2. The van der Waals surface area contributed by atoms with Gasteiger partial charge < -0.3 is 4.74 Å². The average molecular weight is 124 g/mol. The fraction of sp³-hybridized carbons (Fsp3) is 0.200. The van der Waals surface area contributed by atoms with Crippen molar-refractivity contribution in [2.75, 3.05) is 0 Å². The molecule has 0 aliphatic carbocycles. The van der Waals surface area contributed by atoms with E-state index >= 15 is 0 Å². The lowest BCUT2D eigenvalue weighted by molar-refractivity contribution is -0.132. The van der Waals surface area contributed by atoms with Crippen molar-refractivity contribution in [1.82, 2.24) is 9.55 Å². The maximum absolute atomic E-state index is 10.5. The molecule has 1 aromatic rings. The Labute approximate surface area is 51.1 Å². The highest BCUT2D eigenvalue weighted by Crippen LogP contribution is 2.13. The van der Waals surface area contributed by atoms with Crippen molar-refractivity contribution in [1.29, 1.82) is 0 Å². The van der Waals surface area contributed by atoms with Gasteiger partial charge in [-0.3, -0.25) is 4.57 Å². The number of ether oxygens (including phenoxy) is 1. The molecule has 1 aromatic heterocycles. The van der Waals surface area contributed by atoms with E-state index in [4.69, 9.17) is 0 Å². The number of imidazole rings is 1. The van der Waals surface area contributed by atoms with E-state index in [1.807, 2.05) is 0 Å². The van der Waals surface area contributed by atoms with Crippen molar-refractivity contribution in [3.8, 4) is 6.01 Å². The van der Waals surface area contributed by atoms with Gasteiger partial charge in [0.1, 0.15) is 6.54 Å². The van der Waals surface area contributed by atoms with Crippen LogP contribution in [0.3, 0.4) is 0 Å². The summed E-state index contributed by atoms with van der Waals surface area (Å²) in [6, 6.07) is 0.403. The van der Waals surface area contributed by atoms with Crippen LogP contribution < -0.4 is 4.74 Å². The average Bonchev–Trinajstić information content (AvgIpc) is 2.22. The molecule has 0 radical (unpaired) electrons. The highest BCUT2D eigenvalue weighted by atomic mass is 16.6. The smallest absolute Gasteiger partial charge is 0.333 e. The standard InChI is InChI=1S/C5H4N2O2/c8-4-3-7-2-1-6-5(7)9-4/h1-2H,3H2. The van der Waals surface area contributed by atoms with Gasteiger partial charge in [-0.05, 0) is 0 Å². The quantitative estimate of drug-likeness (QED) is 0.450. The molecule has 0 unspecified atom stereocenters. The number of hydrogen-bond acceptors (Lipinski definition) is 3. The summed E-state index contributed by atoms with van der Waals surface area (Å²) >= 11 is 0. The maximum atomic E-state index is 10.5. The molecule has 0 aromatic carbocycles. The number of fused-ring (bicyclic) bond motifs is 1. The molecule has 0 amide bonds. The second kappa shape index (κ2) is 1.34. The van der Waals surface area contributed by atoms with E-state index in [1.54, 1.807) is 17.0 Å². The molecule has 0 saturated heterocycles. The summed E-state index contributed by atoms with van der Waals surface area (Å²) in [6.07, 6.45) is 3.31. The molecule has 0 fully saturated rings. The van der Waals surface area contributed by atoms with Crippen LogP contribution in [0.2, 0.25) is 0 Å². The molecule has 2 rings (SSSR count). The number of aromatic nitrogens is 2. The summed E-state index contributed by atoms with van der Waals surface area (Å²) in [5.74, 6) is -0.238. The van der Waals surface area contributed by atoms with E-state index < -0.39 is 0 Å². The van der Waals surface area contributed by atoms with Gasteiger partial charge in [0.05, 0.1) is 0 Å². The fourth-order valence-corrected chi connectivity index (χ4v) is 0.794. The second-order valence-electron chi connectivity index (χ2n) is 1.81. The van der Waals surface area contributed by atoms with E-state index in [-0.39, 0.29) is 5.97 Å². The lowest BCUT2D eigenvalue weighted by atomic mass is 10.7. The molecule has 46 valence electrons. The first-order valence-electron chi connectivity index (χ1n) is 2.58. The first-order chi connectivity index (χ1) is 4.36. The molecular formula is C5H4N2O2. The van der Waals surface area contributed by atoms with Gasteiger partial charge in [-0.25, -0.2) is 9.78 Å². The Morgan fingerprint density at radius 3 is 3.44 bits per heavy atom. The summed E-state index contributed by atoms with van der Waals surface area (Å²) in [4.78, 5) is 14.2. The zero-order valence-corrected chi connectivity index (χ0v) is 4.57. The molecule has 0 bridgehead atoms. The Morgan fingerprint density at radius 1 is 1.78 bits per heavy atom. The van der Waals surface area contributed by atoms with Crippen molar-refractivity contribution in [2.24, 2.45) is 0 Å². The van der Waals surface area contributed by atoms with E-state index in [9.17, 15) is 4.79 Å². The van der Waals surface area contributed by atoms with Crippen LogP contribution in [0.5, 0.6) is 6.01 Å². The molecule has 9 heavy (non-hydrogen) atoms. The zero-order valence-electron chi connectivity index (χ0n) is 4.57. The topological polar surface area (TPSA) is 44.1 Å². The van der Waals surface area contributed by atoms with Crippen molar-refractivity contribution < 1.29 is 9.53 Å². The first kappa shape index (κ1) is 4.55. The first-order valence-corrected chi connectivity index (χ1v) is 2.58. The lowest BCUT2D eigenvalue weighted by Crippen LogP contribution is -2.02. The van der Waals surface area contributed by atoms with Crippen molar-refractivity contribution >= 4 is 5.97 Å². The molecule has 0 spiro atoms. The van der Waals surface area contributed by atoms with E-state index in [0.717, 1.165) is 0 Å². The molecular weight excluding hydrogens is 120 g/mol. The van der Waals surface area contributed by atoms with Crippen molar-refractivity contribution in [3.05, 3.63) is 12.4 Å². The predicted octanol–water partition coefficient (Wildman–Crippen LogP) is -0.198. The van der Waals surface area contributed by atoms with E-state index in [1.165, 1.54) is 0 Å². The van der Waals surface area contributed by atoms with Gasteiger partial charge in [0.2, 0.25) is 0 Å². The molecule has 0 N–H and O–H groups in total. The van der Waals surface area contributed by atoms with Gasteiger partial charge in [-0.2, -0.15) is 0 Å². The SMILES string of the molecule is O=C1Cn2ccnc2O1. The monoisotopic (exact) mass is 124 g/mol. The third-order valence-corrected chi connectivity index (χ3v) is 1.18. The van der Waals surface area contributed by atoms with Crippen LogP contribution in [0.1, 0.15) is 0 Å². The number of esters is 1. The molecule has 0 saturated carbocycles. The summed E-state index contributed by atoms with van der Waals surface area (Å²) in [5.41, 5.74) is 0. The fourth-order valence-electron chi connectivity index (χ4n) is 0.794. The van der Waals surface area contributed by atoms with Crippen LogP contribution in [-0.4, -0.2) is 15.5 Å². The normalized spacial score (nSPS) is 15.3. The summed E-state index contributed by atoms with van der Waals surface area (Å²) in [6.45, 7) is 0.301.